The fraction of sp³-hybridized carbons (Fsp3) is 0.429. The number of esters is 1. The molecule has 0 bridgehead atoms. The molecule has 1 aromatic carbocycles. The second-order valence-corrected chi connectivity index (χ2v) is 5.14. The minimum Gasteiger partial charge on any atom is -0.468 e. The maximum atomic E-state index is 11.6. The Morgan fingerprint density at radius 1 is 1.47 bits per heavy atom. The van der Waals surface area contributed by atoms with E-state index >= 15 is 0 Å². The van der Waals surface area contributed by atoms with E-state index in [-0.39, 0.29) is 5.97 Å². The van der Waals surface area contributed by atoms with Crippen LogP contribution in [0.25, 0.3) is 11.0 Å². The number of carbonyl (C=O) groups excluding carboxylic acids is 1. The molecule has 0 fully saturated rings. The first-order chi connectivity index (χ1) is 8.92. The number of benzene rings is 1. The van der Waals surface area contributed by atoms with Crippen LogP contribution in [0.3, 0.4) is 0 Å². The van der Waals surface area contributed by atoms with Gasteiger partial charge in [-0.1, -0.05) is 6.07 Å². The molecular formula is C14H19N3O2. The first-order valence-corrected chi connectivity index (χ1v) is 6.21. The minimum atomic E-state index is -0.701. The van der Waals surface area contributed by atoms with Gasteiger partial charge in [0.15, 0.2) is 0 Å². The first kappa shape index (κ1) is 13.5. The summed E-state index contributed by atoms with van der Waals surface area (Å²) in [5.74, 6) is 0.626. The standard InChI is InChI=1S/C14H19N3O2/c1-9-16-11-6-5-10(7-12(11)17-9)8-15-14(2,3)13(18)19-4/h5-7,15H,8H2,1-4H3,(H,16,17). The zero-order valence-corrected chi connectivity index (χ0v) is 11.7. The van der Waals surface area contributed by atoms with Crippen molar-refractivity contribution in [1.82, 2.24) is 15.3 Å². The molecule has 2 rings (SSSR count). The number of ether oxygens (including phenoxy) is 1. The third-order valence-electron chi connectivity index (χ3n) is 3.09. The molecule has 0 spiro atoms. The SMILES string of the molecule is COC(=O)C(C)(C)NCc1ccc2nc(C)[nH]c2c1. The Morgan fingerprint density at radius 2 is 2.21 bits per heavy atom. The van der Waals surface area contributed by atoms with Crippen LogP contribution in [0.1, 0.15) is 25.2 Å². The van der Waals surface area contributed by atoms with Crippen LogP contribution in [0, 0.1) is 6.92 Å². The number of H-pyrrole nitrogens is 1. The monoisotopic (exact) mass is 261 g/mol. The van der Waals surface area contributed by atoms with Crippen molar-refractivity contribution in [2.24, 2.45) is 0 Å². The Balaban J connectivity index is 2.11. The summed E-state index contributed by atoms with van der Waals surface area (Å²) < 4.78 is 4.76. The Kier molecular flexibility index (Phi) is 3.57. The highest BCUT2D eigenvalue weighted by molar-refractivity contribution is 5.79. The second-order valence-electron chi connectivity index (χ2n) is 5.14. The highest BCUT2D eigenvalue weighted by atomic mass is 16.5. The molecule has 2 aromatic rings. The van der Waals surface area contributed by atoms with Crippen molar-refractivity contribution in [1.29, 1.82) is 0 Å². The molecular weight excluding hydrogens is 242 g/mol. The van der Waals surface area contributed by atoms with Gasteiger partial charge in [0.05, 0.1) is 18.1 Å². The van der Waals surface area contributed by atoms with Crippen molar-refractivity contribution in [3.8, 4) is 0 Å². The summed E-state index contributed by atoms with van der Waals surface area (Å²) in [6, 6.07) is 6.01. The van der Waals surface area contributed by atoms with Crippen LogP contribution in [-0.2, 0) is 16.1 Å². The number of hydrogen-bond donors (Lipinski definition) is 2. The van der Waals surface area contributed by atoms with Gasteiger partial charge in [-0.3, -0.25) is 10.1 Å². The lowest BCUT2D eigenvalue weighted by Crippen LogP contribution is -2.46. The Hall–Kier alpha value is -1.88. The van der Waals surface area contributed by atoms with E-state index in [0.29, 0.717) is 6.54 Å². The number of carbonyl (C=O) groups is 1. The van der Waals surface area contributed by atoms with Gasteiger partial charge in [0.25, 0.3) is 0 Å². The summed E-state index contributed by atoms with van der Waals surface area (Å²) in [6.45, 7) is 6.13. The predicted molar refractivity (Wildman–Crippen MR) is 73.8 cm³/mol. The number of aromatic amines is 1. The van der Waals surface area contributed by atoms with E-state index in [1.807, 2.05) is 25.1 Å². The smallest absolute Gasteiger partial charge is 0.325 e. The largest absolute Gasteiger partial charge is 0.468 e. The number of imidazole rings is 1. The maximum absolute atomic E-state index is 11.6. The van der Waals surface area contributed by atoms with Crippen LogP contribution in [-0.4, -0.2) is 28.6 Å². The van der Waals surface area contributed by atoms with Gasteiger partial charge in [0.2, 0.25) is 0 Å². The minimum absolute atomic E-state index is 0.272. The third kappa shape index (κ3) is 2.93. The van der Waals surface area contributed by atoms with Gasteiger partial charge in [0.1, 0.15) is 11.4 Å². The summed E-state index contributed by atoms with van der Waals surface area (Å²) in [5, 5.41) is 3.19. The van der Waals surface area contributed by atoms with E-state index in [2.05, 4.69) is 15.3 Å². The van der Waals surface area contributed by atoms with E-state index < -0.39 is 5.54 Å². The molecule has 0 saturated carbocycles. The van der Waals surface area contributed by atoms with Crippen LogP contribution in [0.2, 0.25) is 0 Å². The number of hydrogen-bond acceptors (Lipinski definition) is 4. The lowest BCUT2D eigenvalue weighted by Gasteiger charge is -2.23. The maximum Gasteiger partial charge on any atom is 0.325 e. The molecule has 5 heteroatoms. The molecule has 5 nitrogen and oxygen atoms in total. The second kappa shape index (κ2) is 5.01. The Morgan fingerprint density at radius 3 is 2.89 bits per heavy atom. The van der Waals surface area contributed by atoms with Gasteiger partial charge in [-0.25, -0.2) is 4.98 Å². The zero-order valence-electron chi connectivity index (χ0n) is 11.7. The molecule has 19 heavy (non-hydrogen) atoms. The molecule has 0 saturated heterocycles. The van der Waals surface area contributed by atoms with Gasteiger partial charge >= 0.3 is 5.97 Å². The topological polar surface area (TPSA) is 67.0 Å². The van der Waals surface area contributed by atoms with Gasteiger partial charge < -0.3 is 9.72 Å². The number of aryl methyl sites for hydroxylation is 1. The molecule has 0 aliphatic rings. The highest BCUT2D eigenvalue weighted by Crippen LogP contribution is 2.14. The molecule has 0 atom stereocenters. The number of rotatable bonds is 4. The molecule has 0 unspecified atom stereocenters. The van der Waals surface area contributed by atoms with E-state index in [4.69, 9.17) is 4.74 Å². The summed E-state index contributed by atoms with van der Waals surface area (Å²) in [6.07, 6.45) is 0. The fourth-order valence-corrected chi connectivity index (χ4v) is 1.94. The molecule has 0 aliphatic carbocycles. The van der Waals surface area contributed by atoms with Crippen LogP contribution < -0.4 is 5.32 Å². The van der Waals surface area contributed by atoms with Crippen molar-refractivity contribution in [2.45, 2.75) is 32.9 Å². The van der Waals surface area contributed by atoms with Crippen LogP contribution in [0.15, 0.2) is 18.2 Å². The zero-order chi connectivity index (χ0) is 14.0. The Bertz CT molecular complexity index is 602. The van der Waals surface area contributed by atoms with Gasteiger partial charge in [-0.05, 0) is 38.5 Å². The van der Waals surface area contributed by atoms with E-state index in [9.17, 15) is 4.79 Å². The van der Waals surface area contributed by atoms with E-state index in [1.165, 1.54) is 7.11 Å². The van der Waals surface area contributed by atoms with Crippen molar-refractivity contribution in [2.75, 3.05) is 7.11 Å². The van der Waals surface area contributed by atoms with Crippen LogP contribution >= 0.6 is 0 Å². The lowest BCUT2D eigenvalue weighted by molar-refractivity contribution is -0.147. The Labute approximate surface area is 112 Å². The van der Waals surface area contributed by atoms with Gasteiger partial charge in [-0.2, -0.15) is 0 Å². The predicted octanol–water partition coefficient (Wildman–Crippen LogP) is 1.91. The number of nitrogens with zero attached hydrogens (tertiary/aromatic N) is 1. The first-order valence-electron chi connectivity index (χ1n) is 6.21. The van der Waals surface area contributed by atoms with Gasteiger partial charge in [-0.15, -0.1) is 0 Å². The molecule has 0 amide bonds. The van der Waals surface area contributed by atoms with Crippen molar-refractivity contribution in [3.05, 3.63) is 29.6 Å². The highest BCUT2D eigenvalue weighted by Gasteiger charge is 2.27. The summed E-state index contributed by atoms with van der Waals surface area (Å²) in [4.78, 5) is 19.1. The van der Waals surface area contributed by atoms with Crippen molar-refractivity contribution in [3.63, 3.8) is 0 Å². The average Bonchev–Trinajstić information content (AvgIpc) is 2.74. The molecule has 102 valence electrons. The van der Waals surface area contributed by atoms with Crippen LogP contribution in [0.5, 0.6) is 0 Å². The van der Waals surface area contributed by atoms with Crippen LogP contribution in [0.4, 0.5) is 0 Å². The average molecular weight is 261 g/mol. The summed E-state index contributed by atoms with van der Waals surface area (Å²) in [7, 11) is 1.39. The normalized spacial score (nSPS) is 11.8. The molecule has 1 aromatic heterocycles. The lowest BCUT2D eigenvalue weighted by atomic mass is 10.1. The molecule has 2 N–H and O–H groups in total. The van der Waals surface area contributed by atoms with Gasteiger partial charge in [0, 0.05) is 6.54 Å². The molecule has 0 aliphatic heterocycles. The fourth-order valence-electron chi connectivity index (χ4n) is 1.94. The molecule has 1 heterocycles. The van der Waals surface area contributed by atoms with E-state index in [1.54, 1.807) is 13.8 Å². The quantitative estimate of drug-likeness (QED) is 0.825. The van der Waals surface area contributed by atoms with E-state index in [0.717, 1.165) is 22.4 Å². The number of fused-ring (bicyclic) bond motifs is 1. The van der Waals surface area contributed by atoms with Crippen molar-refractivity contribution >= 4 is 17.0 Å². The number of methoxy groups -OCH3 is 1. The third-order valence-corrected chi connectivity index (χ3v) is 3.09. The van der Waals surface area contributed by atoms with Crippen molar-refractivity contribution < 1.29 is 9.53 Å². The number of aromatic nitrogens is 2. The molecule has 0 radical (unpaired) electrons. The summed E-state index contributed by atoms with van der Waals surface area (Å²) >= 11 is 0. The number of nitrogens with one attached hydrogen (secondary N) is 2. The summed E-state index contributed by atoms with van der Waals surface area (Å²) in [5.41, 5.74) is 2.35.